The van der Waals surface area contributed by atoms with Gasteiger partial charge >= 0.3 is 0 Å². The van der Waals surface area contributed by atoms with Crippen LogP contribution < -0.4 is 10.0 Å². The van der Waals surface area contributed by atoms with E-state index in [-0.39, 0.29) is 0 Å². The summed E-state index contributed by atoms with van der Waals surface area (Å²) in [5.74, 6) is 0. The molecule has 114 valence electrons. The topological polar surface area (TPSA) is 67.4 Å². The normalized spacial score (nSPS) is 11.8. The fraction of sp³-hybridized carbons (Fsp3) is 0.571. The summed E-state index contributed by atoms with van der Waals surface area (Å²) in [7, 11) is -1.84. The Balaban J connectivity index is 2.78. The molecule has 0 amide bonds. The quantitative estimate of drug-likeness (QED) is 0.677. The summed E-state index contributed by atoms with van der Waals surface area (Å²) in [6.07, 6.45) is 0.659. The van der Waals surface area contributed by atoms with Gasteiger partial charge in [0, 0.05) is 26.8 Å². The Kier molecular flexibility index (Phi) is 7.15. The zero-order chi connectivity index (χ0) is 15.0. The fourth-order valence-corrected chi connectivity index (χ4v) is 2.90. The number of sulfonamides is 1. The van der Waals surface area contributed by atoms with Crippen molar-refractivity contribution in [2.75, 3.05) is 26.8 Å². The molecular formula is C14H24N2O3S. The van der Waals surface area contributed by atoms with E-state index in [1.54, 1.807) is 19.2 Å². The van der Waals surface area contributed by atoms with Crippen LogP contribution >= 0.6 is 0 Å². The van der Waals surface area contributed by atoms with Crippen molar-refractivity contribution in [2.45, 2.75) is 31.7 Å². The molecule has 0 unspecified atom stereocenters. The molecule has 0 saturated carbocycles. The van der Waals surface area contributed by atoms with E-state index < -0.39 is 10.0 Å². The first-order chi connectivity index (χ1) is 9.51. The predicted octanol–water partition coefficient (Wildman–Crippen LogP) is 1.42. The molecule has 1 aromatic rings. The lowest BCUT2D eigenvalue weighted by Gasteiger charge is -2.11. The van der Waals surface area contributed by atoms with Gasteiger partial charge in [-0.1, -0.05) is 13.0 Å². The Hall–Kier alpha value is -0.950. The standard InChI is InChI=1S/C14H24N2O3S/c1-4-15-11-13-10-14(7-6-12(13)2)20(17,18)16-8-5-9-19-3/h6-7,10,15-16H,4-5,8-9,11H2,1-3H3. The molecule has 6 heteroatoms. The van der Waals surface area contributed by atoms with Crippen molar-refractivity contribution in [3.05, 3.63) is 29.3 Å². The van der Waals surface area contributed by atoms with Crippen LogP contribution in [0.5, 0.6) is 0 Å². The molecule has 0 fully saturated rings. The smallest absolute Gasteiger partial charge is 0.240 e. The van der Waals surface area contributed by atoms with Gasteiger partial charge in [0.1, 0.15) is 0 Å². The molecule has 20 heavy (non-hydrogen) atoms. The summed E-state index contributed by atoms with van der Waals surface area (Å²) in [6.45, 7) is 6.46. The number of ether oxygens (including phenoxy) is 1. The first-order valence-corrected chi connectivity index (χ1v) is 8.28. The molecule has 2 N–H and O–H groups in total. The van der Waals surface area contributed by atoms with Gasteiger partial charge in [0.15, 0.2) is 0 Å². The number of methoxy groups -OCH3 is 1. The van der Waals surface area contributed by atoms with Gasteiger partial charge in [0.05, 0.1) is 4.90 Å². The number of hydrogen-bond acceptors (Lipinski definition) is 4. The Labute approximate surface area is 121 Å². The minimum absolute atomic E-state index is 0.313. The van der Waals surface area contributed by atoms with E-state index in [0.717, 1.165) is 17.7 Å². The number of benzene rings is 1. The molecular weight excluding hydrogens is 276 g/mol. The van der Waals surface area contributed by atoms with Gasteiger partial charge in [-0.3, -0.25) is 0 Å². The summed E-state index contributed by atoms with van der Waals surface area (Å²) >= 11 is 0. The molecule has 5 nitrogen and oxygen atoms in total. The summed E-state index contributed by atoms with van der Waals surface area (Å²) < 4.78 is 31.8. The Morgan fingerprint density at radius 3 is 2.70 bits per heavy atom. The van der Waals surface area contributed by atoms with Gasteiger partial charge < -0.3 is 10.1 Å². The van der Waals surface area contributed by atoms with Crippen molar-refractivity contribution in [3.8, 4) is 0 Å². The van der Waals surface area contributed by atoms with Crippen LogP contribution in [0.2, 0.25) is 0 Å². The molecule has 0 heterocycles. The molecule has 0 spiro atoms. The van der Waals surface area contributed by atoms with E-state index in [4.69, 9.17) is 4.74 Å². The van der Waals surface area contributed by atoms with Gasteiger partial charge in [0.25, 0.3) is 0 Å². The maximum atomic E-state index is 12.2. The second-order valence-electron chi connectivity index (χ2n) is 4.61. The van der Waals surface area contributed by atoms with E-state index >= 15 is 0 Å². The third-order valence-corrected chi connectivity index (χ3v) is 4.47. The highest BCUT2D eigenvalue weighted by molar-refractivity contribution is 7.89. The monoisotopic (exact) mass is 300 g/mol. The van der Waals surface area contributed by atoms with E-state index in [0.29, 0.717) is 31.0 Å². The first kappa shape index (κ1) is 17.1. The van der Waals surface area contributed by atoms with E-state index in [2.05, 4.69) is 10.0 Å². The number of rotatable bonds is 9. The van der Waals surface area contributed by atoms with Crippen molar-refractivity contribution < 1.29 is 13.2 Å². The average molecular weight is 300 g/mol. The van der Waals surface area contributed by atoms with Crippen LogP contribution in [0.4, 0.5) is 0 Å². The van der Waals surface area contributed by atoms with E-state index in [1.165, 1.54) is 0 Å². The number of nitrogens with one attached hydrogen (secondary N) is 2. The van der Waals surface area contributed by atoms with Crippen LogP contribution in [0.25, 0.3) is 0 Å². The third-order valence-electron chi connectivity index (χ3n) is 3.01. The largest absolute Gasteiger partial charge is 0.385 e. The van der Waals surface area contributed by atoms with Gasteiger partial charge in [-0.2, -0.15) is 0 Å². The maximum Gasteiger partial charge on any atom is 0.240 e. The highest BCUT2D eigenvalue weighted by Crippen LogP contribution is 2.15. The van der Waals surface area contributed by atoms with Gasteiger partial charge in [-0.15, -0.1) is 0 Å². The van der Waals surface area contributed by atoms with Gasteiger partial charge in [-0.25, -0.2) is 13.1 Å². The minimum atomic E-state index is -3.44. The second-order valence-corrected chi connectivity index (χ2v) is 6.38. The SMILES string of the molecule is CCNCc1cc(S(=O)(=O)NCCCOC)ccc1C. The Morgan fingerprint density at radius 1 is 1.30 bits per heavy atom. The zero-order valence-corrected chi connectivity index (χ0v) is 13.2. The van der Waals surface area contributed by atoms with Crippen LogP contribution in [0.3, 0.4) is 0 Å². The molecule has 1 aromatic carbocycles. The second kappa shape index (κ2) is 8.36. The zero-order valence-electron chi connectivity index (χ0n) is 12.4. The number of aryl methyl sites for hydroxylation is 1. The van der Waals surface area contributed by atoms with Gasteiger partial charge in [0.2, 0.25) is 10.0 Å². The molecule has 1 rings (SSSR count). The lowest BCUT2D eigenvalue weighted by Crippen LogP contribution is -2.26. The maximum absolute atomic E-state index is 12.2. The van der Waals surface area contributed by atoms with Crippen LogP contribution in [0.1, 0.15) is 24.5 Å². The molecule has 0 bridgehead atoms. The van der Waals surface area contributed by atoms with Crippen molar-refractivity contribution in [1.29, 1.82) is 0 Å². The lowest BCUT2D eigenvalue weighted by molar-refractivity contribution is 0.196. The molecule has 0 radical (unpaired) electrons. The van der Waals surface area contributed by atoms with Gasteiger partial charge in [-0.05, 0) is 43.1 Å². The van der Waals surface area contributed by atoms with Crippen molar-refractivity contribution in [2.24, 2.45) is 0 Å². The minimum Gasteiger partial charge on any atom is -0.385 e. The van der Waals surface area contributed by atoms with Crippen LogP contribution in [0.15, 0.2) is 23.1 Å². The third kappa shape index (κ3) is 5.20. The van der Waals surface area contributed by atoms with E-state index in [9.17, 15) is 8.42 Å². The molecule has 0 aliphatic carbocycles. The lowest BCUT2D eigenvalue weighted by atomic mass is 10.1. The van der Waals surface area contributed by atoms with Crippen LogP contribution in [0, 0.1) is 6.92 Å². The summed E-state index contributed by atoms with van der Waals surface area (Å²) in [5.41, 5.74) is 2.09. The van der Waals surface area contributed by atoms with E-state index in [1.807, 2.05) is 19.9 Å². The summed E-state index contributed by atoms with van der Waals surface area (Å²) in [5, 5.41) is 3.21. The highest BCUT2D eigenvalue weighted by atomic mass is 32.2. The highest BCUT2D eigenvalue weighted by Gasteiger charge is 2.14. The predicted molar refractivity (Wildman–Crippen MR) is 80.2 cm³/mol. The van der Waals surface area contributed by atoms with Crippen molar-refractivity contribution in [3.63, 3.8) is 0 Å². The summed E-state index contributed by atoms with van der Waals surface area (Å²) in [4.78, 5) is 0.313. The molecule has 0 aliphatic rings. The molecule has 0 atom stereocenters. The summed E-state index contributed by atoms with van der Waals surface area (Å²) in [6, 6.07) is 5.22. The number of hydrogen-bond donors (Lipinski definition) is 2. The average Bonchev–Trinajstić information content (AvgIpc) is 2.42. The Morgan fingerprint density at radius 2 is 2.05 bits per heavy atom. The molecule has 0 aliphatic heterocycles. The molecule has 0 saturated heterocycles. The van der Waals surface area contributed by atoms with Crippen molar-refractivity contribution in [1.82, 2.24) is 10.0 Å². The van der Waals surface area contributed by atoms with Crippen LogP contribution in [-0.2, 0) is 21.3 Å². The van der Waals surface area contributed by atoms with Crippen LogP contribution in [-0.4, -0.2) is 35.2 Å². The molecule has 0 aromatic heterocycles. The first-order valence-electron chi connectivity index (χ1n) is 6.80. The Bertz CT molecular complexity index is 515. The fourth-order valence-electron chi connectivity index (χ4n) is 1.77. The van der Waals surface area contributed by atoms with Crippen molar-refractivity contribution >= 4 is 10.0 Å².